The van der Waals surface area contributed by atoms with Gasteiger partial charge in [0.05, 0.1) is 21.1 Å². The van der Waals surface area contributed by atoms with E-state index in [1.54, 1.807) is 31.2 Å². The van der Waals surface area contributed by atoms with Crippen LogP contribution in [0.1, 0.15) is 27.9 Å². The topological polar surface area (TPSA) is 82.2 Å². The highest BCUT2D eigenvalue weighted by atomic mass is 35.5. The second-order valence-electron chi connectivity index (χ2n) is 6.43. The number of hydrogen-bond donors (Lipinski definition) is 3. The van der Waals surface area contributed by atoms with E-state index in [2.05, 4.69) is 10.3 Å². The molecule has 28 heavy (non-hydrogen) atoms. The van der Waals surface area contributed by atoms with Crippen LogP contribution in [0.5, 0.6) is 5.75 Å². The maximum Gasteiger partial charge on any atom is 0.291 e. The summed E-state index contributed by atoms with van der Waals surface area (Å²) >= 11 is 18.0. The lowest BCUT2D eigenvalue weighted by molar-refractivity contribution is 0.0952. The highest BCUT2D eigenvalue weighted by molar-refractivity contribution is 6.42. The molecule has 1 amide bonds. The average Bonchev–Trinajstić information content (AvgIpc) is 2.63. The smallest absolute Gasteiger partial charge is 0.291 e. The van der Waals surface area contributed by atoms with Crippen molar-refractivity contribution in [2.75, 3.05) is 6.54 Å². The van der Waals surface area contributed by atoms with Gasteiger partial charge in [0.1, 0.15) is 0 Å². The second kappa shape index (κ2) is 8.43. The van der Waals surface area contributed by atoms with Gasteiger partial charge in [-0.25, -0.2) is 0 Å². The third kappa shape index (κ3) is 4.27. The summed E-state index contributed by atoms with van der Waals surface area (Å²) in [6, 6.07) is 8.60. The molecule has 3 rings (SSSR count). The van der Waals surface area contributed by atoms with E-state index in [0.29, 0.717) is 50.9 Å². The fourth-order valence-corrected chi connectivity index (χ4v) is 3.62. The van der Waals surface area contributed by atoms with Crippen molar-refractivity contribution in [1.29, 1.82) is 0 Å². The van der Waals surface area contributed by atoms with E-state index in [0.717, 1.165) is 5.56 Å². The Hall–Kier alpha value is -2.21. The summed E-state index contributed by atoms with van der Waals surface area (Å²) in [6.07, 6.45) is 1.33. The minimum absolute atomic E-state index is 0.0844. The van der Waals surface area contributed by atoms with Crippen LogP contribution in [-0.2, 0) is 6.42 Å². The number of aromatic hydroxyl groups is 1. The monoisotopic (exact) mass is 438 g/mol. The van der Waals surface area contributed by atoms with Crippen LogP contribution < -0.4 is 10.9 Å². The van der Waals surface area contributed by atoms with Crippen LogP contribution in [0, 0.1) is 6.92 Å². The first kappa shape index (κ1) is 20.5. The zero-order chi connectivity index (χ0) is 20.4. The molecule has 0 fully saturated rings. The molecule has 0 aliphatic rings. The molecule has 8 heteroatoms. The van der Waals surface area contributed by atoms with Gasteiger partial charge in [0.15, 0.2) is 5.75 Å². The van der Waals surface area contributed by atoms with Gasteiger partial charge in [0, 0.05) is 17.0 Å². The van der Waals surface area contributed by atoms with Crippen LogP contribution in [0.3, 0.4) is 0 Å². The Labute approximate surface area is 176 Å². The quantitative estimate of drug-likeness (QED) is 0.496. The van der Waals surface area contributed by atoms with Gasteiger partial charge >= 0.3 is 0 Å². The fraction of sp³-hybridized carbons (Fsp3) is 0.200. The summed E-state index contributed by atoms with van der Waals surface area (Å²) in [5.74, 6) is -1.17. The molecule has 1 heterocycles. The van der Waals surface area contributed by atoms with E-state index in [1.165, 1.54) is 0 Å². The van der Waals surface area contributed by atoms with E-state index >= 15 is 0 Å². The predicted octanol–water partition coefficient (Wildman–Crippen LogP) is 4.86. The minimum atomic E-state index is -0.723. The lowest BCUT2D eigenvalue weighted by atomic mass is 10.0. The Kier molecular flexibility index (Phi) is 6.18. The van der Waals surface area contributed by atoms with Gasteiger partial charge in [-0.3, -0.25) is 9.59 Å². The lowest BCUT2D eigenvalue weighted by Crippen LogP contribution is -2.27. The first-order chi connectivity index (χ1) is 13.3. The molecule has 0 saturated heterocycles. The molecule has 0 saturated carbocycles. The van der Waals surface area contributed by atoms with Crippen molar-refractivity contribution in [3.05, 3.63) is 72.4 Å². The van der Waals surface area contributed by atoms with E-state index in [9.17, 15) is 14.7 Å². The summed E-state index contributed by atoms with van der Waals surface area (Å²) in [7, 11) is 0. The van der Waals surface area contributed by atoms with E-state index in [4.69, 9.17) is 34.8 Å². The summed E-state index contributed by atoms with van der Waals surface area (Å²) < 4.78 is 0. The summed E-state index contributed by atoms with van der Waals surface area (Å²) in [5, 5.41) is 14.7. The number of amides is 1. The molecule has 3 N–H and O–H groups in total. The molecular formula is C20H17Cl3N2O3. The molecule has 0 spiro atoms. The summed E-state index contributed by atoms with van der Waals surface area (Å²) in [4.78, 5) is 27.3. The van der Waals surface area contributed by atoms with Crippen LogP contribution >= 0.6 is 34.8 Å². The SMILES string of the molecule is Cc1cc(Cl)cc2c(C(=O)NCCCc3ccc(Cl)c(Cl)c3)c(O)c(=O)[nH]c12. The third-order valence-electron chi connectivity index (χ3n) is 4.40. The lowest BCUT2D eigenvalue weighted by Gasteiger charge is -2.11. The Morgan fingerprint density at radius 1 is 1.14 bits per heavy atom. The molecule has 146 valence electrons. The Morgan fingerprint density at radius 2 is 1.89 bits per heavy atom. The number of aryl methyl sites for hydroxylation is 2. The predicted molar refractivity (Wildman–Crippen MR) is 113 cm³/mol. The minimum Gasteiger partial charge on any atom is -0.502 e. The molecule has 5 nitrogen and oxygen atoms in total. The van der Waals surface area contributed by atoms with Gasteiger partial charge in [0.2, 0.25) is 0 Å². The maximum absolute atomic E-state index is 12.7. The first-order valence-corrected chi connectivity index (χ1v) is 9.68. The molecule has 0 aliphatic heterocycles. The average molecular weight is 440 g/mol. The highest BCUT2D eigenvalue weighted by Crippen LogP contribution is 2.28. The number of carbonyl (C=O) groups excluding carboxylic acids is 1. The largest absolute Gasteiger partial charge is 0.502 e. The Morgan fingerprint density at radius 3 is 2.61 bits per heavy atom. The molecule has 3 aromatic rings. The number of H-pyrrole nitrogens is 1. The number of pyridine rings is 1. The number of nitrogens with one attached hydrogen (secondary N) is 2. The molecule has 1 aromatic heterocycles. The number of carbonyl (C=O) groups is 1. The number of halogens is 3. The van der Waals surface area contributed by atoms with Crippen LogP contribution in [0.25, 0.3) is 10.9 Å². The van der Waals surface area contributed by atoms with Gasteiger partial charge in [-0.15, -0.1) is 0 Å². The van der Waals surface area contributed by atoms with E-state index in [-0.39, 0.29) is 5.56 Å². The van der Waals surface area contributed by atoms with Crippen molar-refractivity contribution in [3.63, 3.8) is 0 Å². The van der Waals surface area contributed by atoms with Crippen LogP contribution in [0.15, 0.2) is 35.1 Å². The molecule has 0 radical (unpaired) electrons. The number of hydrogen-bond acceptors (Lipinski definition) is 3. The van der Waals surface area contributed by atoms with Crippen LogP contribution in [-0.4, -0.2) is 22.5 Å². The molecule has 0 aliphatic carbocycles. The standard InChI is InChI=1S/C20H17Cl3N2O3/c1-10-7-12(21)9-13-16(18(26)20(28)25-17(10)13)19(27)24-6-2-3-11-4-5-14(22)15(23)8-11/h4-5,7-9,26H,2-3,6H2,1H3,(H,24,27)(H,25,28). The third-order valence-corrected chi connectivity index (χ3v) is 5.36. The van der Waals surface area contributed by atoms with Crippen molar-refractivity contribution >= 4 is 51.6 Å². The zero-order valence-electron chi connectivity index (χ0n) is 14.9. The first-order valence-electron chi connectivity index (χ1n) is 8.55. The van der Waals surface area contributed by atoms with Gasteiger partial charge in [-0.2, -0.15) is 0 Å². The Balaban J connectivity index is 1.77. The van der Waals surface area contributed by atoms with Gasteiger partial charge in [-0.05, 0) is 55.2 Å². The van der Waals surface area contributed by atoms with Gasteiger partial charge in [-0.1, -0.05) is 40.9 Å². The Bertz CT molecular complexity index is 1130. The van der Waals surface area contributed by atoms with Crippen molar-refractivity contribution in [2.45, 2.75) is 19.8 Å². The molecule has 0 unspecified atom stereocenters. The normalized spacial score (nSPS) is 11.0. The van der Waals surface area contributed by atoms with Crippen molar-refractivity contribution in [2.24, 2.45) is 0 Å². The van der Waals surface area contributed by atoms with E-state index < -0.39 is 17.2 Å². The fourth-order valence-electron chi connectivity index (χ4n) is 3.03. The van der Waals surface area contributed by atoms with Crippen molar-refractivity contribution in [3.8, 4) is 5.75 Å². The number of rotatable bonds is 5. The second-order valence-corrected chi connectivity index (χ2v) is 7.68. The van der Waals surface area contributed by atoms with Crippen molar-refractivity contribution in [1.82, 2.24) is 10.3 Å². The van der Waals surface area contributed by atoms with Crippen molar-refractivity contribution < 1.29 is 9.90 Å². The number of aromatic nitrogens is 1. The number of aromatic amines is 1. The van der Waals surface area contributed by atoms with Crippen LogP contribution in [0.4, 0.5) is 0 Å². The van der Waals surface area contributed by atoms with Crippen LogP contribution in [0.2, 0.25) is 15.1 Å². The molecular weight excluding hydrogens is 423 g/mol. The summed E-state index contributed by atoms with van der Waals surface area (Å²) in [6.45, 7) is 2.12. The molecule has 2 aromatic carbocycles. The summed E-state index contributed by atoms with van der Waals surface area (Å²) in [5.41, 5.74) is 1.36. The van der Waals surface area contributed by atoms with Gasteiger partial charge < -0.3 is 15.4 Å². The maximum atomic E-state index is 12.7. The molecule has 0 atom stereocenters. The van der Waals surface area contributed by atoms with Gasteiger partial charge in [0.25, 0.3) is 11.5 Å². The molecule has 0 bridgehead atoms. The van der Waals surface area contributed by atoms with E-state index in [1.807, 2.05) is 6.07 Å². The zero-order valence-corrected chi connectivity index (χ0v) is 17.2. The highest BCUT2D eigenvalue weighted by Gasteiger charge is 2.20. The number of benzene rings is 2. The number of fused-ring (bicyclic) bond motifs is 1.